The van der Waals surface area contributed by atoms with Gasteiger partial charge < -0.3 is 10.0 Å². The van der Waals surface area contributed by atoms with E-state index in [1.807, 2.05) is 11.8 Å². The number of unbranched alkanes of at least 4 members (excludes halogenated alkanes) is 1. The van der Waals surface area contributed by atoms with E-state index in [2.05, 4.69) is 6.92 Å². The van der Waals surface area contributed by atoms with Crippen molar-refractivity contribution < 1.29 is 10.0 Å². The lowest BCUT2D eigenvalue weighted by Crippen LogP contribution is -2.24. The van der Waals surface area contributed by atoms with Crippen LogP contribution in [0.3, 0.4) is 0 Å². The minimum atomic E-state index is -0.696. The molecule has 1 N–H and O–H groups in total. The van der Waals surface area contributed by atoms with Crippen molar-refractivity contribution in [2.24, 2.45) is 0 Å². The summed E-state index contributed by atoms with van der Waals surface area (Å²) in [5.74, 6) is 0. The van der Waals surface area contributed by atoms with Crippen LogP contribution in [0.4, 0.5) is 11.4 Å². The van der Waals surface area contributed by atoms with E-state index in [0.717, 1.165) is 25.9 Å². The number of nitrogens with zero attached hydrogens (tertiary/aromatic N) is 2. The number of hydrogen-bond acceptors (Lipinski definition) is 4. The van der Waals surface area contributed by atoms with Gasteiger partial charge in [-0.2, -0.15) is 0 Å². The second-order valence-corrected chi connectivity index (χ2v) is 4.61. The van der Waals surface area contributed by atoms with Crippen LogP contribution in [0.15, 0.2) is 18.2 Å². The zero-order chi connectivity index (χ0) is 14.4. The van der Waals surface area contributed by atoms with Gasteiger partial charge in [-0.15, -0.1) is 0 Å². The number of benzene rings is 1. The minimum Gasteiger partial charge on any atom is -0.389 e. The van der Waals surface area contributed by atoms with Crippen LogP contribution < -0.4 is 4.90 Å². The second kappa shape index (κ2) is 7.09. The van der Waals surface area contributed by atoms with Crippen molar-refractivity contribution in [3.05, 3.63) is 33.9 Å². The van der Waals surface area contributed by atoms with Crippen molar-refractivity contribution in [3.63, 3.8) is 0 Å². The fourth-order valence-electron chi connectivity index (χ4n) is 2.01. The predicted molar refractivity (Wildman–Crippen MR) is 76.5 cm³/mol. The van der Waals surface area contributed by atoms with Crippen LogP contribution in [0.1, 0.15) is 45.3 Å². The average Bonchev–Trinajstić information content (AvgIpc) is 2.39. The first-order chi connectivity index (χ1) is 9.01. The SMILES string of the molecule is CCCCN(CC)c1ccc(C(C)O)cc1[N+](=O)[O-]. The molecular formula is C14H22N2O3. The summed E-state index contributed by atoms with van der Waals surface area (Å²) in [5, 5.41) is 20.7. The van der Waals surface area contributed by atoms with Crippen LogP contribution in [0.2, 0.25) is 0 Å². The number of hydrogen-bond donors (Lipinski definition) is 1. The number of aliphatic hydroxyl groups excluding tert-OH is 1. The Bertz CT molecular complexity index is 433. The van der Waals surface area contributed by atoms with Crippen molar-refractivity contribution in [1.82, 2.24) is 0 Å². The standard InChI is InChI=1S/C14H22N2O3/c1-4-6-9-15(5-2)13-8-7-12(11(3)17)10-14(13)16(18)19/h7-8,10-11,17H,4-6,9H2,1-3H3. The molecule has 0 amide bonds. The predicted octanol–water partition coefficient (Wildman–Crippen LogP) is 3.27. The molecule has 19 heavy (non-hydrogen) atoms. The van der Waals surface area contributed by atoms with Crippen LogP contribution in [0, 0.1) is 10.1 Å². The summed E-state index contributed by atoms with van der Waals surface area (Å²) in [5.41, 5.74) is 1.27. The maximum absolute atomic E-state index is 11.2. The Hall–Kier alpha value is -1.62. The Morgan fingerprint density at radius 3 is 2.58 bits per heavy atom. The largest absolute Gasteiger partial charge is 0.389 e. The third kappa shape index (κ3) is 3.92. The highest BCUT2D eigenvalue weighted by Crippen LogP contribution is 2.31. The van der Waals surface area contributed by atoms with E-state index in [9.17, 15) is 15.2 Å². The highest BCUT2D eigenvalue weighted by molar-refractivity contribution is 5.64. The Kier molecular flexibility index (Phi) is 5.76. The molecule has 0 saturated carbocycles. The molecule has 106 valence electrons. The first kappa shape index (κ1) is 15.4. The van der Waals surface area contributed by atoms with Gasteiger partial charge in [-0.1, -0.05) is 19.4 Å². The van der Waals surface area contributed by atoms with Gasteiger partial charge in [0.25, 0.3) is 5.69 Å². The number of nitro benzene ring substituents is 1. The van der Waals surface area contributed by atoms with Crippen molar-refractivity contribution >= 4 is 11.4 Å². The molecule has 1 rings (SSSR count). The molecule has 0 spiro atoms. The zero-order valence-corrected chi connectivity index (χ0v) is 11.8. The quantitative estimate of drug-likeness (QED) is 0.607. The molecule has 0 aromatic heterocycles. The summed E-state index contributed by atoms with van der Waals surface area (Å²) in [6.07, 6.45) is 1.36. The lowest BCUT2D eigenvalue weighted by Gasteiger charge is -2.23. The fourth-order valence-corrected chi connectivity index (χ4v) is 2.01. The highest BCUT2D eigenvalue weighted by Gasteiger charge is 2.20. The summed E-state index contributed by atoms with van der Waals surface area (Å²) in [6, 6.07) is 4.95. The van der Waals surface area contributed by atoms with E-state index >= 15 is 0 Å². The first-order valence-corrected chi connectivity index (χ1v) is 6.72. The Morgan fingerprint density at radius 1 is 1.42 bits per heavy atom. The molecule has 0 radical (unpaired) electrons. The third-order valence-electron chi connectivity index (χ3n) is 3.18. The van der Waals surface area contributed by atoms with Gasteiger partial charge in [0, 0.05) is 19.2 Å². The molecule has 0 aliphatic carbocycles. The first-order valence-electron chi connectivity index (χ1n) is 6.72. The molecule has 0 bridgehead atoms. The number of aliphatic hydroxyl groups is 1. The van der Waals surface area contributed by atoms with Gasteiger partial charge in [0.2, 0.25) is 0 Å². The summed E-state index contributed by atoms with van der Waals surface area (Å²) in [4.78, 5) is 12.8. The van der Waals surface area contributed by atoms with Gasteiger partial charge in [-0.3, -0.25) is 10.1 Å². The van der Waals surface area contributed by atoms with E-state index in [1.165, 1.54) is 6.07 Å². The summed E-state index contributed by atoms with van der Waals surface area (Å²) in [7, 11) is 0. The lowest BCUT2D eigenvalue weighted by molar-refractivity contribution is -0.384. The Balaban J connectivity index is 3.14. The summed E-state index contributed by atoms with van der Waals surface area (Å²) >= 11 is 0. The molecule has 1 atom stereocenters. The molecule has 0 saturated heterocycles. The van der Waals surface area contributed by atoms with Gasteiger partial charge in [-0.25, -0.2) is 0 Å². The lowest BCUT2D eigenvalue weighted by atomic mass is 10.1. The van der Waals surface area contributed by atoms with E-state index < -0.39 is 6.10 Å². The van der Waals surface area contributed by atoms with Crippen molar-refractivity contribution in [3.8, 4) is 0 Å². The van der Waals surface area contributed by atoms with Crippen LogP contribution in [-0.4, -0.2) is 23.1 Å². The van der Waals surface area contributed by atoms with Crippen molar-refractivity contribution in [2.45, 2.75) is 39.7 Å². The van der Waals surface area contributed by atoms with Gasteiger partial charge in [0.1, 0.15) is 5.69 Å². The second-order valence-electron chi connectivity index (χ2n) is 4.61. The van der Waals surface area contributed by atoms with E-state index in [0.29, 0.717) is 11.3 Å². The van der Waals surface area contributed by atoms with Gasteiger partial charge in [0.05, 0.1) is 11.0 Å². The molecule has 5 nitrogen and oxygen atoms in total. The number of anilines is 1. The molecule has 1 unspecified atom stereocenters. The van der Waals surface area contributed by atoms with E-state index in [-0.39, 0.29) is 10.6 Å². The minimum absolute atomic E-state index is 0.0661. The number of rotatable bonds is 7. The average molecular weight is 266 g/mol. The molecule has 1 aromatic carbocycles. The van der Waals surface area contributed by atoms with E-state index in [1.54, 1.807) is 19.1 Å². The molecule has 0 aliphatic heterocycles. The van der Waals surface area contributed by atoms with Crippen LogP contribution in [0.5, 0.6) is 0 Å². The maximum atomic E-state index is 11.2. The van der Waals surface area contributed by atoms with E-state index in [4.69, 9.17) is 0 Å². The monoisotopic (exact) mass is 266 g/mol. The molecular weight excluding hydrogens is 244 g/mol. The topological polar surface area (TPSA) is 66.6 Å². The maximum Gasteiger partial charge on any atom is 0.292 e. The van der Waals surface area contributed by atoms with Crippen LogP contribution in [0.25, 0.3) is 0 Å². The van der Waals surface area contributed by atoms with Crippen LogP contribution >= 0.6 is 0 Å². The van der Waals surface area contributed by atoms with Gasteiger partial charge >= 0.3 is 0 Å². The van der Waals surface area contributed by atoms with Crippen LogP contribution in [-0.2, 0) is 0 Å². The van der Waals surface area contributed by atoms with Gasteiger partial charge in [-0.05, 0) is 31.9 Å². The van der Waals surface area contributed by atoms with Crippen molar-refractivity contribution in [2.75, 3.05) is 18.0 Å². The fraction of sp³-hybridized carbons (Fsp3) is 0.571. The molecule has 0 fully saturated rings. The normalized spacial score (nSPS) is 12.2. The summed E-state index contributed by atoms with van der Waals surface area (Å²) < 4.78 is 0. The number of nitro groups is 1. The molecule has 5 heteroatoms. The Labute approximate surface area is 114 Å². The zero-order valence-electron chi connectivity index (χ0n) is 11.8. The molecule has 0 aliphatic rings. The third-order valence-corrected chi connectivity index (χ3v) is 3.18. The smallest absolute Gasteiger partial charge is 0.292 e. The summed E-state index contributed by atoms with van der Waals surface area (Å²) in [6.45, 7) is 7.23. The van der Waals surface area contributed by atoms with Crippen molar-refractivity contribution in [1.29, 1.82) is 0 Å². The molecule has 1 aromatic rings. The Morgan fingerprint density at radius 2 is 2.11 bits per heavy atom. The molecule has 0 heterocycles. The van der Waals surface area contributed by atoms with Gasteiger partial charge in [0.15, 0.2) is 0 Å². The highest BCUT2D eigenvalue weighted by atomic mass is 16.6.